The van der Waals surface area contributed by atoms with Crippen LogP contribution in [-0.2, 0) is 11.2 Å². The molecule has 2 heterocycles. The Hall–Kier alpha value is -2.89. The Labute approximate surface area is 163 Å². The van der Waals surface area contributed by atoms with Gasteiger partial charge < -0.3 is 15.0 Å². The maximum atomic E-state index is 13.3. The predicted molar refractivity (Wildman–Crippen MR) is 103 cm³/mol. The number of carbonyl (C=O) groups is 2. The standard InChI is InChI=1S/C22H23FN2O3/c1-15-5-6-19-18(11-15)21(27)24-14-22(28-19)7-9-25(10-8-22)20(26)13-16-3-2-4-17(23)12-16/h2-6,11-12H,7-10,13-14H2,1H3,(H,24,27). The molecule has 0 aliphatic carbocycles. The van der Waals surface area contributed by atoms with Crippen LogP contribution in [0.3, 0.4) is 0 Å². The van der Waals surface area contributed by atoms with Gasteiger partial charge >= 0.3 is 0 Å². The van der Waals surface area contributed by atoms with E-state index >= 15 is 0 Å². The van der Waals surface area contributed by atoms with Gasteiger partial charge in [-0.25, -0.2) is 4.39 Å². The number of fused-ring (bicyclic) bond motifs is 1. The van der Waals surface area contributed by atoms with E-state index in [1.54, 1.807) is 17.0 Å². The summed E-state index contributed by atoms with van der Waals surface area (Å²) in [5.41, 5.74) is 1.73. The highest BCUT2D eigenvalue weighted by Crippen LogP contribution is 2.33. The summed E-state index contributed by atoms with van der Waals surface area (Å²) in [4.78, 5) is 26.8. The van der Waals surface area contributed by atoms with Gasteiger partial charge in [0, 0.05) is 25.9 Å². The lowest BCUT2D eigenvalue weighted by Crippen LogP contribution is -2.54. The van der Waals surface area contributed by atoms with E-state index in [0.29, 0.717) is 49.4 Å². The Morgan fingerprint density at radius 3 is 2.75 bits per heavy atom. The van der Waals surface area contributed by atoms with Crippen LogP contribution in [0.1, 0.15) is 34.3 Å². The largest absolute Gasteiger partial charge is 0.484 e. The van der Waals surface area contributed by atoms with Crippen molar-refractivity contribution in [2.45, 2.75) is 31.8 Å². The van der Waals surface area contributed by atoms with Gasteiger partial charge in [0.2, 0.25) is 5.91 Å². The second-order valence-corrected chi connectivity index (χ2v) is 7.65. The minimum Gasteiger partial charge on any atom is -0.484 e. The molecule has 5 nitrogen and oxygen atoms in total. The van der Waals surface area contributed by atoms with Gasteiger partial charge in [-0.3, -0.25) is 9.59 Å². The van der Waals surface area contributed by atoms with E-state index in [2.05, 4.69) is 5.32 Å². The van der Waals surface area contributed by atoms with Gasteiger partial charge in [0.25, 0.3) is 5.91 Å². The van der Waals surface area contributed by atoms with Crippen molar-refractivity contribution in [3.63, 3.8) is 0 Å². The molecule has 2 aromatic carbocycles. The fraction of sp³-hybridized carbons (Fsp3) is 0.364. The number of piperidine rings is 1. The quantitative estimate of drug-likeness (QED) is 0.869. The molecule has 0 aromatic heterocycles. The number of amides is 2. The molecule has 0 radical (unpaired) electrons. The first-order valence-electron chi connectivity index (χ1n) is 9.54. The van der Waals surface area contributed by atoms with Crippen molar-refractivity contribution in [1.82, 2.24) is 10.2 Å². The molecule has 2 aliphatic rings. The topological polar surface area (TPSA) is 58.6 Å². The molecule has 2 aliphatic heterocycles. The van der Waals surface area contributed by atoms with Crippen molar-refractivity contribution in [2.24, 2.45) is 0 Å². The number of ether oxygens (including phenoxy) is 1. The van der Waals surface area contributed by atoms with Gasteiger partial charge in [-0.05, 0) is 36.8 Å². The molecule has 146 valence electrons. The number of nitrogens with zero attached hydrogens (tertiary/aromatic N) is 1. The molecular weight excluding hydrogens is 359 g/mol. The number of hydrogen-bond donors (Lipinski definition) is 1. The van der Waals surface area contributed by atoms with Crippen LogP contribution in [0.5, 0.6) is 5.75 Å². The van der Waals surface area contributed by atoms with E-state index in [4.69, 9.17) is 4.74 Å². The maximum absolute atomic E-state index is 13.3. The fourth-order valence-electron chi connectivity index (χ4n) is 3.89. The zero-order valence-electron chi connectivity index (χ0n) is 15.8. The Morgan fingerprint density at radius 1 is 1.21 bits per heavy atom. The predicted octanol–water partition coefficient (Wildman–Crippen LogP) is 2.86. The monoisotopic (exact) mass is 382 g/mol. The second-order valence-electron chi connectivity index (χ2n) is 7.65. The highest BCUT2D eigenvalue weighted by molar-refractivity contribution is 5.97. The number of likely N-dealkylation sites (tertiary alicyclic amines) is 1. The van der Waals surface area contributed by atoms with Gasteiger partial charge in [-0.15, -0.1) is 0 Å². The van der Waals surface area contributed by atoms with Crippen molar-refractivity contribution in [3.8, 4) is 5.75 Å². The molecule has 0 saturated carbocycles. The lowest BCUT2D eigenvalue weighted by Gasteiger charge is -2.41. The van der Waals surface area contributed by atoms with Crippen molar-refractivity contribution < 1.29 is 18.7 Å². The summed E-state index contributed by atoms with van der Waals surface area (Å²) in [7, 11) is 0. The van der Waals surface area contributed by atoms with Crippen LogP contribution >= 0.6 is 0 Å². The molecule has 1 fully saturated rings. The first-order valence-corrected chi connectivity index (χ1v) is 9.54. The van der Waals surface area contributed by atoms with Crippen LogP contribution in [0.25, 0.3) is 0 Å². The smallest absolute Gasteiger partial charge is 0.255 e. The molecule has 6 heteroatoms. The third-order valence-corrected chi connectivity index (χ3v) is 5.55. The molecule has 2 amide bonds. The van der Waals surface area contributed by atoms with E-state index < -0.39 is 5.60 Å². The van der Waals surface area contributed by atoms with Gasteiger partial charge in [0.05, 0.1) is 18.5 Å². The first kappa shape index (κ1) is 18.5. The second kappa shape index (κ2) is 7.26. The zero-order valence-corrected chi connectivity index (χ0v) is 15.8. The highest BCUT2D eigenvalue weighted by atomic mass is 19.1. The van der Waals surface area contributed by atoms with E-state index in [0.717, 1.165) is 5.56 Å². The third kappa shape index (κ3) is 3.72. The lowest BCUT2D eigenvalue weighted by molar-refractivity contribution is -0.133. The first-order chi connectivity index (χ1) is 13.4. The Bertz CT molecular complexity index is 920. The summed E-state index contributed by atoms with van der Waals surface area (Å²) in [5.74, 6) is 0.119. The van der Waals surface area contributed by atoms with E-state index in [1.807, 2.05) is 25.1 Å². The van der Waals surface area contributed by atoms with Crippen LogP contribution < -0.4 is 10.1 Å². The van der Waals surface area contributed by atoms with Crippen LogP contribution in [0, 0.1) is 12.7 Å². The number of hydrogen-bond acceptors (Lipinski definition) is 3. The SMILES string of the molecule is Cc1ccc2c(c1)C(=O)NCC1(CCN(C(=O)Cc3cccc(F)c3)CC1)O2. The number of benzene rings is 2. The highest BCUT2D eigenvalue weighted by Gasteiger charge is 2.40. The molecule has 1 saturated heterocycles. The Morgan fingerprint density at radius 2 is 2.00 bits per heavy atom. The summed E-state index contributed by atoms with van der Waals surface area (Å²) < 4.78 is 19.6. The summed E-state index contributed by atoms with van der Waals surface area (Å²) in [5, 5.41) is 2.97. The van der Waals surface area contributed by atoms with E-state index in [1.165, 1.54) is 12.1 Å². The minimum absolute atomic E-state index is 0.0193. The molecule has 4 rings (SSSR count). The summed E-state index contributed by atoms with van der Waals surface area (Å²) in [6, 6.07) is 11.8. The molecule has 1 N–H and O–H groups in total. The van der Waals surface area contributed by atoms with E-state index in [-0.39, 0.29) is 24.1 Å². The average Bonchev–Trinajstić information content (AvgIpc) is 2.80. The van der Waals surface area contributed by atoms with Gasteiger partial charge in [-0.1, -0.05) is 23.8 Å². The number of rotatable bonds is 2. The molecule has 28 heavy (non-hydrogen) atoms. The molecule has 2 aromatic rings. The van der Waals surface area contributed by atoms with Crippen molar-refractivity contribution in [3.05, 3.63) is 65.0 Å². The number of aryl methyl sites for hydroxylation is 1. The summed E-state index contributed by atoms with van der Waals surface area (Å²) in [6.45, 7) is 3.46. The van der Waals surface area contributed by atoms with Crippen molar-refractivity contribution in [1.29, 1.82) is 0 Å². The number of halogens is 1. The van der Waals surface area contributed by atoms with Gasteiger partial charge in [-0.2, -0.15) is 0 Å². The lowest BCUT2D eigenvalue weighted by atomic mass is 9.90. The average molecular weight is 382 g/mol. The molecular formula is C22H23FN2O3. The Balaban J connectivity index is 1.43. The van der Waals surface area contributed by atoms with Gasteiger partial charge in [0.15, 0.2) is 0 Å². The third-order valence-electron chi connectivity index (χ3n) is 5.55. The molecule has 0 atom stereocenters. The van der Waals surface area contributed by atoms with Crippen LogP contribution in [-0.4, -0.2) is 41.9 Å². The minimum atomic E-state index is -0.508. The molecule has 0 unspecified atom stereocenters. The Kier molecular flexibility index (Phi) is 4.79. The number of carbonyl (C=O) groups excluding carboxylic acids is 2. The molecule has 1 spiro atoms. The zero-order chi connectivity index (χ0) is 19.7. The van der Waals surface area contributed by atoms with E-state index in [9.17, 15) is 14.0 Å². The van der Waals surface area contributed by atoms with Crippen molar-refractivity contribution in [2.75, 3.05) is 19.6 Å². The van der Waals surface area contributed by atoms with Gasteiger partial charge in [0.1, 0.15) is 17.2 Å². The fourth-order valence-corrected chi connectivity index (χ4v) is 3.89. The van der Waals surface area contributed by atoms with Crippen molar-refractivity contribution >= 4 is 11.8 Å². The summed E-state index contributed by atoms with van der Waals surface area (Å²) in [6.07, 6.45) is 1.45. The maximum Gasteiger partial charge on any atom is 0.255 e. The molecule has 0 bridgehead atoms. The number of nitrogens with one attached hydrogen (secondary N) is 1. The van der Waals surface area contributed by atoms with Crippen LogP contribution in [0.4, 0.5) is 4.39 Å². The van der Waals surface area contributed by atoms with Crippen LogP contribution in [0.2, 0.25) is 0 Å². The normalized spacial score (nSPS) is 18.1. The summed E-state index contributed by atoms with van der Waals surface area (Å²) >= 11 is 0. The van der Waals surface area contributed by atoms with Crippen LogP contribution in [0.15, 0.2) is 42.5 Å².